The van der Waals surface area contributed by atoms with Crippen molar-refractivity contribution in [2.24, 2.45) is 0 Å². The summed E-state index contributed by atoms with van der Waals surface area (Å²) < 4.78 is 7.09. The first kappa shape index (κ1) is 13.7. The average Bonchev–Trinajstić information content (AvgIpc) is 2.97. The van der Waals surface area contributed by atoms with Gasteiger partial charge in [0.25, 0.3) is 0 Å². The van der Waals surface area contributed by atoms with Gasteiger partial charge in [0, 0.05) is 12.6 Å². The van der Waals surface area contributed by atoms with Gasteiger partial charge in [0.2, 0.25) is 5.91 Å². The van der Waals surface area contributed by atoms with E-state index in [9.17, 15) is 9.59 Å². The molecule has 1 saturated carbocycles. The summed E-state index contributed by atoms with van der Waals surface area (Å²) in [4.78, 5) is 23.4. The molecule has 1 aliphatic carbocycles. The van der Waals surface area contributed by atoms with Crippen LogP contribution in [0.3, 0.4) is 0 Å². The van der Waals surface area contributed by atoms with Gasteiger partial charge in [0.05, 0.1) is 18.4 Å². The number of aromatic amines is 1. The zero-order valence-electron chi connectivity index (χ0n) is 11.1. The van der Waals surface area contributed by atoms with Gasteiger partial charge in [-0.1, -0.05) is 11.8 Å². The molecule has 2 heterocycles. The topological polar surface area (TPSA) is 89.0 Å². The maximum atomic E-state index is 11.7. The third-order valence-corrected chi connectivity index (χ3v) is 4.38. The highest BCUT2D eigenvalue weighted by molar-refractivity contribution is 7.99. The quantitative estimate of drug-likeness (QED) is 0.728. The van der Waals surface area contributed by atoms with Gasteiger partial charge in [-0.05, 0) is 25.7 Å². The maximum absolute atomic E-state index is 11.7. The van der Waals surface area contributed by atoms with Gasteiger partial charge in [-0.25, -0.2) is 9.89 Å². The van der Waals surface area contributed by atoms with Crippen molar-refractivity contribution in [3.05, 3.63) is 10.5 Å². The summed E-state index contributed by atoms with van der Waals surface area (Å²) in [5.41, 5.74) is -0.245. The molecule has 1 unspecified atom stereocenters. The van der Waals surface area contributed by atoms with Gasteiger partial charge < -0.3 is 10.1 Å². The maximum Gasteiger partial charge on any atom is 0.344 e. The number of aromatic nitrogens is 3. The summed E-state index contributed by atoms with van der Waals surface area (Å²) >= 11 is 1.28. The Bertz CT molecular complexity index is 531. The Morgan fingerprint density at radius 2 is 2.35 bits per heavy atom. The van der Waals surface area contributed by atoms with Crippen molar-refractivity contribution in [2.75, 3.05) is 12.4 Å². The van der Waals surface area contributed by atoms with E-state index in [1.165, 1.54) is 11.8 Å². The summed E-state index contributed by atoms with van der Waals surface area (Å²) in [7, 11) is 0. The molecule has 2 aliphatic rings. The van der Waals surface area contributed by atoms with Crippen LogP contribution in [-0.2, 0) is 16.1 Å². The van der Waals surface area contributed by atoms with Crippen molar-refractivity contribution >= 4 is 17.7 Å². The van der Waals surface area contributed by atoms with E-state index in [0.717, 1.165) is 32.3 Å². The molecule has 0 spiro atoms. The minimum atomic E-state index is -0.245. The molecule has 2 fully saturated rings. The fourth-order valence-corrected chi connectivity index (χ4v) is 2.96. The SMILES string of the molecule is O=C(CSc1n[nH]c(=O)n1CC1CCCO1)NC1CC1. The van der Waals surface area contributed by atoms with Crippen molar-refractivity contribution in [2.45, 2.75) is 49.5 Å². The lowest BCUT2D eigenvalue weighted by Crippen LogP contribution is -2.28. The number of nitrogens with zero attached hydrogens (tertiary/aromatic N) is 2. The number of amides is 1. The van der Waals surface area contributed by atoms with Crippen LogP contribution in [0.25, 0.3) is 0 Å². The molecular weight excluding hydrogens is 280 g/mol. The van der Waals surface area contributed by atoms with Gasteiger partial charge in [0.15, 0.2) is 5.16 Å². The summed E-state index contributed by atoms with van der Waals surface area (Å²) in [5.74, 6) is 0.281. The van der Waals surface area contributed by atoms with Gasteiger partial charge in [0.1, 0.15) is 0 Å². The molecule has 20 heavy (non-hydrogen) atoms. The molecule has 0 radical (unpaired) electrons. The lowest BCUT2D eigenvalue weighted by atomic mass is 10.2. The smallest absolute Gasteiger partial charge is 0.344 e. The molecule has 1 aliphatic heterocycles. The van der Waals surface area contributed by atoms with Crippen LogP contribution in [0.5, 0.6) is 0 Å². The third-order valence-electron chi connectivity index (χ3n) is 3.41. The molecule has 1 aromatic heterocycles. The van der Waals surface area contributed by atoms with E-state index in [2.05, 4.69) is 15.5 Å². The first-order chi connectivity index (χ1) is 9.72. The van der Waals surface area contributed by atoms with E-state index >= 15 is 0 Å². The van der Waals surface area contributed by atoms with E-state index in [4.69, 9.17) is 4.74 Å². The summed E-state index contributed by atoms with van der Waals surface area (Å²) in [6.45, 7) is 1.26. The standard InChI is InChI=1S/C12H18N4O3S/c17-10(13-8-3-4-8)7-20-12-15-14-11(18)16(12)6-9-2-1-5-19-9/h8-9H,1-7H2,(H,13,17)(H,14,18). The van der Waals surface area contributed by atoms with E-state index < -0.39 is 0 Å². The van der Waals surface area contributed by atoms with Crippen LogP contribution in [0.15, 0.2) is 9.95 Å². The number of H-pyrrole nitrogens is 1. The Labute approximate surface area is 120 Å². The van der Waals surface area contributed by atoms with Crippen LogP contribution in [-0.4, -0.2) is 45.2 Å². The van der Waals surface area contributed by atoms with Crippen LogP contribution < -0.4 is 11.0 Å². The molecule has 1 amide bonds. The second kappa shape index (κ2) is 6.01. The predicted octanol–water partition coefficient (Wildman–Crippen LogP) is 0.121. The summed E-state index contributed by atoms with van der Waals surface area (Å²) in [6, 6.07) is 0.358. The molecular formula is C12H18N4O3S. The Morgan fingerprint density at radius 3 is 3.05 bits per heavy atom. The Kier molecular flexibility index (Phi) is 4.11. The second-order valence-corrected chi connectivity index (χ2v) is 6.13. The molecule has 3 rings (SSSR count). The van der Waals surface area contributed by atoms with Crippen molar-refractivity contribution in [3.63, 3.8) is 0 Å². The summed E-state index contributed by atoms with van der Waals surface area (Å²) in [6.07, 6.45) is 4.21. The Morgan fingerprint density at radius 1 is 1.50 bits per heavy atom. The number of carbonyl (C=O) groups is 1. The zero-order chi connectivity index (χ0) is 13.9. The first-order valence-electron chi connectivity index (χ1n) is 6.91. The molecule has 0 aromatic carbocycles. The van der Waals surface area contributed by atoms with E-state index in [0.29, 0.717) is 17.7 Å². The predicted molar refractivity (Wildman–Crippen MR) is 73.7 cm³/mol. The van der Waals surface area contributed by atoms with Gasteiger partial charge in [-0.3, -0.25) is 9.36 Å². The van der Waals surface area contributed by atoms with Crippen LogP contribution in [0, 0.1) is 0 Å². The molecule has 7 nitrogen and oxygen atoms in total. The number of nitrogens with one attached hydrogen (secondary N) is 2. The molecule has 2 N–H and O–H groups in total. The number of thioether (sulfide) groups is 1. The largest absolute Gasteiger partial charge is 0.376 e. The lowest BCUT2D eigenvalue weighted by molar-refractivity contribution is -0.118. The minimum absolute atomic E-state index is 0.00313. The summed E-state index contributed by atoms with van der Waals surface area (Å²) in [5, 5.41) is 9.88. The normalized spacial score (nSPS) is 22.1. The molecule has 1 aromatic rings. The fraction of sp³-hybridized carbons (Fsp3) is 0.750. The van der Waals surface area contributed by atoms with Gasteiger partial charge in [-0.15, -0.1) is 5.10 Å². The van der Waals surface area contributed by atoms with Crippen LogP contribution in [0.4, 0.5) is 0 Å². The Balaban J connectivity index is 1.57. The fourth-order valence-electron chi connectivity index (χ4n) is 2.19. The highest BCUT2D eigenvalue weighted by Gasteiger charge is 2.24. The molecule has 0 bridgehead atoms. The van der Waals surface area contributed by atoms with Crippen LogP contribution >= 0.6 is 11.8 Å². The monoisotopic (exact) mass is 298 g/mol. The van der Waals surface area contributed by atoms with Gasteiger partial charge >= 0.3 is 5.69 Å². The van der Waals surface area contributed by atoms with Crippen LogP contribution in [0.1, 0.15) is 25.7 Å². The van der Waals surface area contributed by atoms with Crippen molar-refractivity contribution in [3.8, 4) is 0 Å². The number of carbonyl (C=O) groups excluding carboxylic acids is 1. The van der Waals surface area contributed by atoms with E-state index in [-0.39, 0.29) is 23.5 Å². The first-order valence-corrected chi connectivity index (χ1v) is 7.90. The average molecular weight is 298 g/mol. The second-order valence-electron chi connectivity index (χ2n) is 5.19. The van der Waals surface area contributed by atoms with E-state index in [1.807, 2.05) is 0 Å². The van der Waals surface area contributed by atoms with Crippen molar-refractivity contribution < 1.29 is 9.53 Å². The highest BCUT2D eigenvalue weighted by Crippen LogP contribution is 2.20. The lowest BCUT2D eigenvalue weighted by Gasteiger charge is -2.10. The number of ether oxygens (including phenoxy) is 1. The van der Waals surface area contributed by atoms with E-state index in [1.54, 1.807) is 4.57 Å². The van der Waals surface area contributed by atoms with Gasteiger partial charge in [-0.2, -0.15) is 0 Å². The van der Waals surface area contributed by atoms with Crippen LogP contribution in [0.2, 0.25) is 0 Å². The highest BCUT2D eigenvalue weighted by atomic mass is 32.2. The minimum Gasteiger partial charge on any atom is -0.376 e. The van der Waals surface area contributed by atoms with Crippen molar-refractivity contribution in [1.29, 1.82) is 0 Å². The molecule has 1 saturated heterocycles. The number of rotatable bonds is 6. The molecule has 110 valence electrons. The van der Waals surface area contributed by atoms with Crippen molar-refractivity contribution in [1.82, 2.24) is 20.1 Å². The zero-order valence-corrected chi connectivity index (χ0v) is 11.9. The number of hydrogen-bond acceptors (Lipinski definition) is 5. The third kappa shape index (κ3) is 3.43. The number of hydrogen-bond donors (Lipinski definition) is 2. The molecule has 8 heteroatoms. The Hall–Kier alpha value is -1.28. The molecule has 1 atom stereocenters.